The third-order valence-electron chi connectivity index (χ3n) is 4.55. The van der Waals surface area contributed by atoms with Crippen LogP contribution in [0.25, 0.3) is 0 Å². The maximum absolute atomic E-state index is 13.1. The van der Waals surface area contributed by atoms with E-state index in [2.05, 4.69) is 5.16 Å². The molecule has 0 bridgehead atoms. The normalized spacial score (nSPS) is 22.0. The number of rotatable bonds is 2. The average Bonchev–Trinajstić information content (AvgIpc) is 3.11. The quantitative estimate of drug-likeness (QED) is 0.791. The van der Waals surface area contributed by atoms with Gasteiger partial charge in [0.2, 0.25) is 12.0 Å². The molecule has 2 atom stereocenters. The van der Waals surface area contributed by atoms with Crippen molar-refractivity contribution in [3.05, 3.63) is 65.0 Å². The number of aryl methyl sites for hydroxylation is 2. The van der Waals surface area contributed by atoms with Gasteiger partial charge in [0, 0.05) is 5.56 Å². The maximum atomic E-state index is 13.1. The van der Waals surface area contributed by atoms with E-state index in [1.165, 1.54) is 29.2 Å². The Morgan fingerprint density at radius 2 is 1.76 bits per heavy atom. The Hall–Kier alpha value is -3.02. The van der Waals surface area contributed by atoms with Crippen molar-refractivity contribution in [2.75, 3.05) is 4.90 Å². The summed E-state index contributed by atoms with van der Waals surface area (Å²) >= 11 is 0. The fourth-order valence-electron chi connectivity index (χ4n) is 3.33. The van der Waals surface area contributed by atoms with Gasteiger partial charge in [-0.1, -0.05) is 35.0 Å². The van der Waals surface area contributed by atoms with Crippen LogP contribution >= 0.6 is 0 Å². The van der Waals surface area contributed by atoms with Crippen LogP contribution in [-0.2, 0) is 14.4 Å². The molecule has 0 unspecified atom stereocenters. The zero-order valence-corrected chi connectivity index (χ0v) is 13.7. The minimum atomic E-state index is -0.965. The first kappa shape index (κ1) is 15.5. The molecule has 2 aromatic rings. The van der Waals surface area contributed by atoms with Crippen LogP contribution in [-0.4, -0.2) is 23.6 Å². The van der Waals surface area contributed by atoms with E-state index in [1.54, 1.807) is 6.07 Å². The number of benzene rings is 2. The Morgan fingerprint density at radius 3 is 2.44 bits per heavy atom. The van der Waals surface area contributed by atoms with Crippen molar-refractivity contribution in [3.63, 3.8) is 0 Å². The minimum Gasteiger partial charge on any atom is -0.381 e. The maximum Gasteiger partial charge on any atom is 0.278 e. The summed E-state index contributed by atoms with van der Waals surface area (Å²) in [7, 11) is 0. The van der Waals surface area contributed by atoms with E-state index in [0.29, 0.717) is 17.0 Å². The van der Waals surface area contributed by atoms with Gasteiger partial charge in [0.15, 0.2) is 0 Å². The number of nitrogens with zero attached hydrogens (tertiary/aromatic N) is 2. The molecule has 0 aromatic heterocycles. The Balaban J connectivity index is 1.72. The van der Waals surface area contributed by atoms with Crippen LogP contribution in [0.15, 0.2) is 47.6 Å². The summed E-state index contributed by atoms with van der Waals surface area (Å²) in [5.74, 6) is -1.99. The summed E-state index contributed by atoms with van der Waals surface area (Å²) in [6.45, 7) is 3.80. The largest absolute Gasteiger partial charge is 0.381 e. The van der Waals surface area contributed by atoms with Gasteiger partial charge in [-0.05, 0) is 37.6 Å². The Bertz CT molecular complexity index is 921. The van der Waals surface area contributed by atoms with Gasteiger partial charge in [0.1, 0.15) is 17.4 Å². The molecule has 25 heavy (non-hydrogen) atoms. The number of halogens is 1. The van der Waals surface area contributed by atoms with Crippen LogP contribution in [0.4, 0.5) is 10.1 Å². The Labute approximate surface area is 143 Å². The number of carbonyl (C=O) groups excluding carboxylic acids is 2. The molecule has 0 aliphatic carbocycles. The minimum absolute atomic E-state index is 0.357. The second-order valence-electron chi connectivity index (χ2n) is 6.29. The number of hydrogen-bond acceptors (Lipinski definition) is 4. The molecule has 5 nitrogen and oxygen atoms in total. The van der Waals surface area contributed by atoms with Gasteiger partial charge < -0.3 is 4.84 Å². The van der Waals surface area contributed by atoms with Crippen LogP contribution < -0.4 is 4.90 Å². The molecule has 2 aromatic carbocycles. The molecule has 2 aliphatic heterocycles. The number of hydrogen-bond donors (Lipinski definition) is 0. The highest BCUT2D eigenvalue weighted by molar-refractivity contribution is 6.32. The van der Waals surface area contributed by atoms with Crippen molar-refractivity contribution in [2.24, 2.45) is 11.1 Å². The number of imide groups is 1. The molecular formula is C19H15FN2O3. The molecule has 0 saturated carbocycles. The van der Waals surface area contributed by atoms with Gasteiger partial charge in [0.25, 0.3) is 5.91 Å². The highest BCUT2D eigenvalue weighted by atomic mass is 19.1. The molecule has 0 N–H and O–H groups in total. The van der Waals surface area contributed by atoms with Crippen molar-refractivity contribution < 1.29 is 18.8 Å². The molecule has 2 amide bonds. The lowest BCUT2D eigenvalue weighted by Crippen LogP contribution is -2.33. The number of amides is 2. The number of fused-ring (bicyclic) bond motifs is 1. The summed E-state index contributed by atoms with van der Waals surface area (Å²) in [6.07, 6.45) is -0.965. The first-order valence-corrected chi connectivity index (χ1v) is 7.92. The van der Waals surface area contributed by atoms with Crippen LogP contribution in [0.1, 0.15) is 16.7 Å². The summed E-state index contributed by atoms with van der Waals surface area (Å²) < 4.78 is 13.1. The number of anilines is 1. The summed E-state index contributed by atoms with van der Waals surface area (Å²) in [6, 6.07) is 11.2. The van der Waals surface area contributed by atoms with E-state index in [9.17, 15) is 14.0 Å². The summed E-state index contributed by atoms with van der Waals surface area (Å²) in [4.78, 5) is 32.1. The first-order valence-electron chi connectivity index (χ1n) is 7.92. The van der Waals surface area contributed by atoms with Crippen molar-refractivity contribution >= 4 is 23.2 Å². The van der Waals surface area contributed by atoms with Crippen LogP contribution in [0.2, 0.25) is 0 Å². The Morgan fingerprint density at radius 1 is 1.04 bits per heavy atom. The van der Waals surface area contributed by atoms with Crippen LogP contribution in [0.5, 0.6) is 0 Å². The molecule has 126 valence electrons. The zero-order chi connectivity index (χ0) is 17.7. The third kappa shape index (κ3) is 2.33. The molecule has 1 saturated heterocycles. The van der Waals surface area contributed by atoms with E-state index < -0.39 is 17.9 Å². The van der Waals surface area contributed by atoms with Crippen molar-refractivity contribution in [3.8, 4) is 0 Å². The van der Waals surface area contributed by atoms with Crippen molar-refractivity contribution in [1.29, 1.82) is 0 Å². The lowest BCUT2D eigenvalue weighted by Gasteiger charge is -2.18. The van der Waals surface area contributed by atoms with Gasteiger partial charge in [-0.25, -0.2) is 9.29 Å². The monoisotopic (exact) mass is 338 g/mol. The topological polar surface area (TPSA) is 59.0 Å². The Kier molecular flexibility index (Phi) is 3.42. The fraction of sp³-hybridized carbons (Fsp3) is 0.211. The molecular weight excluding hydrogens is 323 g/mol. The highest BCUT2D eigenvalue weighted by Gasteiger charge is 2.56. The van der Waals surface area contributed by atoms with E-state index in [4.69, 9.17) is 4.84 Å². The van der Waals surface area contributed by atoms with E-state index in [1.807, 2.05) is 26.0 Å². The lowest BCUT2D eigenvalue weighted by molar-refractivity contribution is -0.126. The van der Waals surface area contributed by atoms with Crippen molar-refractivity contribution in [2.45, 2.75) is 20.0 Å². The van der Waals surface area contributed by atoms with E-state index >= 15 is 0 Å². The van der Waals surface area contributed by atoms with Gasteiger partial charge in [-0.3, -0.25) is 9.59 Å². The molecule has 2 aliphatic rings. The standard InChI is InChI=1S/C19H15FN2O3/c1-10-3-8-14(11(2)9-10)22-18(23)15-16(21-25-17(15)19(22)24)12-4-6-13(20)7-5-12/h3-9,15,17H,1-2H3/t15-,17-/m0/s1. The van der Waals surface area contributed by atoms with Gasteiger partial charge >= 0.3 is 0 Å². The second kappa shape index (κ2) is 5.51. The van der Waals surface area contributed by atoms with Gasteiger partial charge in [-0.2, -0.15) is 0 Å². The number of carbonyl (C=O) groups is 2. The smallest absolute Gasteiger partial charge is 0.278 e. The van der Waals surface area contributed by atoms with Crippen LogP contribution in [0.3, 0.4) is 0 Å². The first-order chi connectivity index (χ1) is 12.0. The molecule has 1 fully saturated rings. The fourth-order valence-corrected chi connectivity index (χ4v) is 3.33. The summed E-state index contributed by atoms with van der Waals surface area (Å²) in [5, 5.41) is 3.91. The van der Waals surface area contributed by atoms with E-state index in [-0.39, 0.29) is 11.7 Å². The SMILES string of the molecule is Cc1ccc(N2C(=O)[C@H]3C(c4ccc(F)cc4)=NO[C@@H]3C2=O)c(C)c1. The predicted octanol–water partition coefficient (Wildman–Crippen LogP) is 2.74. The summed E-state index contributed by atoms with van der Waals surface area (Å²) in [5.41, 5.74) is 3.36. The van der Waals surface area contributed by atoms with Crippen LogP contribution in [0, 0.1) is 25.6 Å². The highest BCUT2D eigenvalue weighted by Crippen LogP contribution is 2.36. The van der Waals surface area contributed by atoms with Gasteiger partial charge in [-0.15, -0.1) is 0 Å². The molecule has 2 heterocycles. The molecule has 0 radical (unpaired) electrons. The molecule has 6 heteroatoms. The lowest BCUT2D eigenvalue weighted by atomic mass is 9.94. The van der Waals surface area contributed by atoms with Crippen molar-refractivity contribution in [1.82, 2.24) is 0 Å². The molecule has 0 spiro atoms. The van der Waals surface area contributed by atoms with Gasteiger partial charge in [0.05, 0.1) is 5.69 Å². The zero-order valence-electron chi connectivity index (χ0n) is 13.7. The average molecular weight is 338 g/mol. The third-order valence-corrected chi connectivity index (χ3v) is 4.55. The van der Waals surface area contributed by atoms with E-state index in [0.717, 1.165) is 11.1 Å². The molecule has 4 rings (SSSR count). The predicted molar refractivity (Wildman–Crippen MR) is 89.7 cm³/mol. The number of oxime groups is 1. The second-order valence-corrected chi connectivity index (χ2v) is 6.29.